The summed E-state index contributed by atoms with van der Waals surface area (Å²) in [6.45, 7) is 0. The van der Waals surface area contributed by atoms with Crippen LogP contribution in [-0.4, -0.2) is 19.9 Å². The van der Waals surface area contributed by atoms with Gasteiger partial charge in [0, 0.05) is 14.1 Å². The Morgan fingerprint density at radius 1 is 0.773 bits per heavy atom. The number of benzene rings is 2. The molecule has 108 valence electrons. The smallest absolute Gasteiger partial charge is 0.190 e. The highest BCUT2D eigenvalue weighted by Crippen LogP contribution is 2.43. The van der Waals surface area contributed by atoms with Crippen molar-refractivity contribution in [3.8, 4) is 0 Å². The summed E-state index contributed by atoms with van der Waals surface area (Å²) < 4.78 is 0. The monoisotopic (exact) mass is 288 g/mol. The van der Waals surface area contributed by atoms with Gasteiger partial charge in [-0.25, -0.2) is 0 Å². The summed E-state index contributed by atoms with van der Waals surface area (Å²) in [5.74, 6) is 0.989. The average Bonchev–Trinajstić information content (AvgIpc) is 2.80. The highest BCUT2D eigenvalue weighted by atomic mass is 16.1. The molecule has 4 rings (SSSR count). The lowest BCUT2D eigenvalue weighted by Gasteiger charge is -2.24. The summed E-state index contributed by atoms with van der Waals surface area (Å²) in [6.07, 6.45) is 3.55. The predicted molar refractivity (Wildman–Crippen MR) is 90.7 cm³/mol. The van der Waals surface area contributed by atoms with E-state index >= 15 is 0 Å². The van der Waals surface area contributed by atoms with Crippen molar-refractivity contribution in [3.63, 3.8) is 0 Å². The first-order valence-corrected chi connectivity index (χ1v) is 7.31. The summed E-state index contributed by atoms with van der Waals surface area (Å²) in [6, 6.07) is 16.2. The third-order valence-electron chi connectivity index (χ3n) is 4.35. The quantitative estimate of drug-likeness (QED) is 0.693. The molecule has 0 amide bonds. The predicted octanol–water partition coefficient (Wildman–Crippen LogP) is 3.54. The van der Waals surface area contributed by atoms with E-state index in [9.17, 15) is 4.79 Å². The average molecular weight is 288 g/mol. The van der Waals surface area contributed by atoms with Gasteiger partial charge in [-0.15, -0.1) is 0 Å². The fourth-order valence-electron chi connectivity index (χ4n) is 3.30. The first-order valence-electron chi connectivity index (χ1n) is 7.31. The summed E-state index contributed by atoms with van der Waals surface area (Å²) in [7, 11) is 4.03. The van der Waals surface area contributed by atoms with Crippen molar-refractivity contribution in [2.24, 2.45) is 0 Å². The van der Waals surface area contributed by atoms with Gasteiger partial charge in [-0.3, -0.25) is 4.79 Å². The number of carbonyl (C=O) groups is 1. The lowest BCUT2D eigenvalue weighted by atomic mass is 9.91. The lowest BCUT2D eigenvalue weighted by molar-refractivity contribution is -0.109. The Hall–Kier alpha value is -2.81. The number of ketones is 1. The molecule has 2 aliphatic rings. The Bertz CT molecular complexity index is 817. The van der Waals surface area contributed by atoms with E-state index in [1.807, 2.05) is 56.6 Å². The number of para-hydroxylation sites is 2. The molecule has 1 heterocycles. The third kappa shape index (κ3) is 1.65. The number of carbonyl (C=O) groups excluding carboxylic acids is 1. The van der Waals surface area contributed by atoms with Crippen LogP contribution >= 0.6 is 0 Å². The number of hydrogen-bond acceptors (Lipinski definition) is 3. The Balaban J connectivity index is 1.99. The van der Waals surface area contributed by atoms with Gasteiger partial charge in [0.15, 0.2) is 5.78 Å². The molecule has 0 atom stereocenters. The molecule has 1 aliphatic carbocycles. The molecule has 0 aromatic heterocycles. The van der Waals surface area contributed by atoms with Crippen molar-refractivity contribution in [1.82, 2.24) is 0 Å². The second kappa shape index (κ2) is 4.60. The zero-order chi connectivity index (χ0) is 15.3. The minimum atomic E-state index is 0.0557. The maximum absolute atomic E-state index is 12.6. The molecule has 0 fully saturated rings. The number of hydrogen-bond donors (Lipinski definition) is 0. The molecule has 2 aromatic rings. The standard InChI is InChI=1S/C19H16N2O/c1-20-15-9-5-6-10-16(15)21(2)19(20)18-14-8-4-3-7-13(14)11-12-17(18)22/h3-12H,1-2H3. The molecule has 0 saturated heterocycles. The van der Waals surface area contributed by atoms with Gasteiger partial charge in [-0.1, -0.05) is 42.5 Å². The lowest BCUT2D eigenvalue weighted by Crippen LogP contribution is -2.26. The first-order chi connectivity index (χ1) is 10.7. The molecule has 0 spiro atoms. The van der Waals surface area contributed by atoms with E-state index in [4.69, 9.17) is 0 Å². The van der Waals surface area contributed by atoms with E-state index in [1.165, 1.54) is 0 Å². The molecular formula is C19H16N2O. The fourth-order valence-corrected chi connectivity index (χ4v) is 3.30. The largest absolute Gasteiger partial charge is 0.328 e. The molecule has 0 bridgehead atoms. The number of rotatable bonds is 0. The van der Waals surface area contributed by atoms with Crippen LogP contribution in [0.15, 0.2) is 60.4 Å². The van der Waals surface area contributed by atoms with E-state index in [0.29, 0.717) is 0 Å². The third-order valence-corrected chi connectivity index (χ3v) is 4.35. The summed E-state index contributed by atoms with van der Waals surface area (Å²) >= 11 is 0. The van der Waals surface area contributed by atoms with Gasteiger partial charge in [0.2, 0.25) is 0 Å². The van der Waals surface area contributed by atoms with Crippen LogP contribution in [0.3, 0.4) is 0 Å². The molecule has 0 N–H and O–H groups in total. The zero-order valence-corrected chi connectivity index (χ0v) is 12.6. The van der Waals surface area contributed by atoms with Crippen LogP contribution in [0.1, 0.15) is 11.1 Å². The van der Waals surface area contributed by atoms with Crippen LogP contribution in [-0.2, 0) is 4.79 Å². The Morgan fingerprint density at radius 3 is 2.05 bits per heavy atom. The number of fused-ring (bicyclic) bond motifs is 2. The Labute approximate surface area is 129 Å². The minimum absolute atomic E-state index is 0.0557. The first kappa shape index (κ1) is 12.9. The molecule has 2 aromatic carbocycles. The summed E-state index contributed by atoms with van der Waals surface area (Å²) in [5.41, 5.74) is 5.08. The van der Waals surface area contributed by atoms with Gasteiger partial charge in [0.05, 0.1) is 16.9 Å². The maximum Gasteiger partial charge on any atom is 0.190 e. The summed E-state index contributed by atoms with van der Waals surface area (Å²) in [5, 5.41) is 0. The van der Waals surface area contributed by atoms with E-state index in [1.54, 1.807) is 6.08 Å². The van der Waals surface area contributed by atoms with Crippen molar-refractivity contribution in [1.29, 1.82) is 0 Å². The molecule has 0 radical (unpaired) electrons. The second-order valence-electron chi connectivity index (χ2n) is 5.59. The molecule has 3 heteroatoms. The van der Waals surface area contributed by atoms with Crippen LogP contribution < -0.4 is 9.80 Å². The van der Waals surface area contributed by atoms with Crippen molar-refractivity contribution in [2.45, 2.75) is 0 Å². The van der Waals surface area contributed by atoms with Crippen molar-refractivity contribution in [2.75, 3.05) is 23.9 Å². The van der Waals surface area contributed by atoms with Gasteiger partial charge in [0.1, 0.15) is 5.82 Å². The molecular weight excluding hydrogens is 272 g/mol. The number of allylic oxidation sites excluding steroid dienone is 2. The van der Waals surface area contributed by atoms with Crippen LogP contribution in [0, 0.1) is 0 Å². The van der Waals surface area contributed by atoms with Gasteiger partial charge in [0.25, 0.3) is 0 Å². The van der Waals surface area contributed by atoms with Gasteiger partial charge in [-0.2, -0.15) is 0 Å². The zero-order valence-electron chi connectivity index (χ0n) is 12.6. The van der Waals surface area contributed by atoms with Crippen LogP contribution in [0.25, 0.3) is 11.6 Å². The second-order valence-corrected chi connectivity index (χ2v) is 5.59. The molecule has 22 heavy (non-hydrogen) atoms. The van der Waals surface area contributed by atoms with Gasteiger partial charge >= 0.3 is 0 Å². The van der Waals surface area contributed by atoms with E-state index in [-0.39, 0.29) is 5.78 Å². The molecule has 1 aliphatic heterocycles. The van der Waals surface area contributed by atoms with E-state index < -0.39 is 0 Å². The SMILES string of the molecule is CN1C(=C2C(=O)C=Cc3ccccc32)N(C)c2ccccc21. The summed E-state index contributed by atoms with van der Waals surface area (Å²) in [4.78, 5) is 16.8. The highest BCUT2D eigenvalue weighted by molar-refractivity contribution is 6.31. The van der Waals surface area contributed by atoms with Gasteiger partial charge in [-0.05, 0) is 29.3 Å². The van der Waals surface area contributed by atoms with Crippen LogP contribution in [0.4, 0.5) is 11.4 Å². The number of nitrogens with zero attached hydrogens (tertiary/aromatic N) is 2. The van der Waals surface area contributed by atoms with Crippen LogP contribution in [0.2, 0.25) is 0 Å². The van der Waals surface area contributed by atoms with Gasteiger partial charge < -0.3 is 9.80 Å². The maximum atomic E-state index is 12.6. The van der Waals surface area contributed by atoms with E-state index in [0.717, 1.165) is 33.9 Å². The molecule has 0 saturated carbocycles. The minimum Gasteiger partial charge on any atom is -0.328 e. The molecule has 3 nitrogen and oxygen atoms in total. The number of anilines is 2. The van der Waals surface area contributed by atoms with Crippen LogP contribution in [0.5, 0.6) is 0 Å². The van der Waals surface area contributed by atoms with Crippen molar-refractivity contribution in [3.05, 3.63) is 71.6 Å². The van der Waals surface area contributed by atoms with Crippen molar-refractivity contribution < 1.29 is 4.79 Å². The van der Waals surface area contributed by atoms with Crippen molar-refractivity contribution >= 4 is 28.8 Å². The fraction of sp³-hybridized carbons (Fsp3) is 0.105. The van der Waals surface area contributed by atoms with E-state index in [2.05, 4.69) is 21.9 Å². The highest BCUT2D eigenvalue weighted by Gasteiger charge is 2.32. The normalized spacial score (nSPS) is 16.2. The Kier molecular flexibility index (Phi) is 2.70. The Morgan fingerprint density at radius 2 is 1.36 bits per heavy atom. The molecule has 0 unspecified atom stereocenters. The topological polar surface area (TPSA) is 23.6 Å².